The Morgan fingerprint density at radius 3 is 3.11 bits per heavy atom. The van der Waals surface area contributed by atoms with Gasteiger partial charge in [0.2, 0.25) is 0 Å². The lowest BCUT2D eigenvalue weighted by molar-refractivity contribution is 0.592. The van der Waals surface area contributed by atoms with E-state index >= 15 is 0 Å². The van der Waals surface area contributed by atoms with E-state index in [9.17, 15) is 0 Å². The molecule has 0 bridgehead atoms. The first-order valence-electron chi connectivity index (χ1n) is 6.60. The highest BCUT2D eigenvalue weighted by molar-refractivity contribution is 5.11. The SMILES string of the molecule is CCn1ncnc1Cn1ccc(CNC2CC2)c1. The summed E-state index contributed by atoms with van der Waals surface area (Å²) < 4.78 is 4.10. The van der Waals surface area contributed by atoms with Gasteiger partial charge in [-0.25, -0.2) is 9.67 Å². The van der Waals surface area contributed by atoms with Crippen LogP contribution >= 0.6 is 0 Å². The maximum absolute atomic E-state index is 4.29. The van der Waals surface area contributed by atoms with Crippen LogP contribution in [0, 0.1) is 0 Å². The van der Waals surface area contributed by atoms with Gasteiger partial charge in [-0.1, -0.05) is 0 Å². The molecule has 1 fully saturated rings. The number of nitrogens with zero attached hydrogens (tertiary/aromatic N) is 4. The predicted octanol–water partition coefficient (Wildman–Crippen LogP) is 1.40. The molecule has 0 radical (unpaired) electrons. The second-order valence-corrected chi connectivity index (χ2v) is 4.84. The molecule has 3 rings (SSSR count). The van der Waals surface area contributed by atoms with Crippen LogP contribution in [0.2, 0.25) is 0 Å². The third-order valence-corrected chi connectivity index (χ3v) is 3.30. The maximum Gasteiger partial charge on any atom is 0.146 e. The predicted molar refractivity (Wildman–Crippen MR) is 69.1 cm³/mol. The minimum atomic E-state index is 0.761. The molecule has 1 saturated carbocycles. The van der Waals surface area contributed by atoms with Crippen molar-refractivity contribution in [1.29, 1.82) is 0 Å². The van der Waals surface area contributed by atoms with Gasteiger partial charge in [0.05, 0.1) is 6.54 Å². The first-order valence-corrected chi connectivity index (χ1v) is 6.60. The highest BCUT2D eigenvalue weighted by Crippen LogP contribution is 2.19. The molecule has 5 heteroatoms. The van der Waals surface area contributed by atoms with Crippen LogP contribution in [0.3, 0.4) is 0 Å². The van der Waals surface area contributed by atoms with Crippen molar-refractivity contribution in [3.05, 3.63) is 36.2 Å². The summed E-state index contributed by atoms with van der Waals surface area (Å²) in [5.74, 6) is 1.01. The van der Waals surface area contributed by atoms with Crippen molar-refractivity contribution in [3.8, 4) is 0 Å². The van der Waals surface area contributed by atoms with E-state index in [4.69, 9.17) is 0 Å². The molecule has 0 unspecified atom stereocenters. The van der Waals surface area contributed by atoms with Crippen molar-refractivity contribution in [1.82, 2.24) is 24.6 Å². The van der Waals surface area contributed by atoms with Crippen LogP contribution < -0.4 is 5.32 Å². The summed E-state index contributed by atoms with van der Waals surface area (Å²) in [5, 5.41) is 7.71. The van der Waals surface area contributed by atoms with Crippen LogP contribution in [-0.4, -0.2) is 25.4 Å². The lowest BCUT2D eigenvalue weighted by atomic mass is 10.3. The fourth-order valence-corrected chi connectivity index (χ4v) is 2.08. The summed E-state index contributed by atoms with van der Waals surface area (Å²) in [5.41, 5.74) is 1.34. The van der Waals surface area contributed by atoms with Crippen LogP contribution in [0.25, 0.3) is 0 Å². The fraction of sp³-hybridized carbons (Fsp3) is 0.538. The number of aromatic nitrogens is 4. The van der Waals surface area contributed by atoms with E-state index in [1.54, 1.807) is 6.33 Å². The first kappa shape index (κ1) is 11.5. The summed E-state index contributed by atoms with van der Waals surface area (Å²) in [4.78, 5) is 4.29. The zero-order valence-corrected chi connectivity index (χ0v) is 10.7. The number of hydrogen-bond acceptors (Lipinski definition) is 3. The Balaban J connectivity index is 1.61. The molecule has 18 heavy (non-hydrogen) atoms. The molecule has 0 amide bonds. The second kappa shape index (κ2) is 4.94. The van der Waals surface area contributed by atoms with Crippen LogP contribution in [0.1, 0.15) is 31.2 Å². The van der Waals surface area contributed by atoms with Gasteiger partial charge in [-0.2, -0.15) is 5.10 Å². The van der Waals surface area contributed by atoms with E-state index in [2.05, 4.69) is 45.4 Å². The van der Waals surface area contributed by atoms with Crippen LogP contribution in [0.4, 0.5) is 0 Å². The molecule has 1 aliphatic carbocycles. The zero-order valence-electron chi connectivity index (χ0n) is 10.7. The fourth-order valence-electron chi connectivity index (χ4n) is 2.08. The van der Waals surface area contributed by atoms with Gasteiger partial charge in [0.25, 0.3) is 0 Å². The third-order valence-electron chi connectivity index (χ3n) is 3.30. The minimum Gasteiger partial charge on any atom is -0.346 e. The number of rotatable bonds is 6. The van der Waals surface area contributed by atoms with E-state index in [0.29, 0.717) is 0 Å². The van der Waals surface area contributed by atoms with Crippen molar-refractivity contribution in [2.75, 3.05) is 0 Å². The Kier molecular flexibility index (Phi) is 3.15. The summed E-state index contributed by atoms with van der Waals surface area (Å²) in [6.07, 6.45) is 8.58. The van der Waals surface area contributed by atoms with Gasteiger partial charge in [0.15, 0.2) is 0 Å². The first-order chi connectivity index (χ1) is 8.85. The third kappa shape index (κ3) is 2.61. The van der Waals surface area contributed by atoms with Gasteiger partial charge in [0, 0.05) is 31.5 Å². The van der Waals surface area contributed by atoms with Gasteiger partial charge in [0.1, 0.15) is 12.2 Å². The van der Waals surface area contributed by atoms with Crippen LogP contribution in [-0.2, 0) is 19.6 Å². The number of nitrogens with one attached hydrogen (secondary N) is 1. The molecule has 2 heterocycles. The molecule has 0 atom stereocenters. The average Bonchev–Trinajstić information content (AvgIpc) is 2.93. The summed E-state index contributed by atoms with van der Waals surface area (Å²) in [6, 6.07) is 2.93. The molecule has 1 N–H and O–H groups in total. The highest BCUT2D eigenvalue weighted by atomic mass is 15.3. The second-order valence-electron chi connectivity index (χ2n) is 4.84. The molecule has 2 aromatic rings. The zero-order chi connectivity index (χ0) is 12.4. The largest absolute Gasteiger partial charge is 0.346 e. The molecule has 1 aliphatic rings. The Hall–Kier alpha value is -1.62. The van der Waals surface area contributed by atoms with Crippen LogP contribution in [0.5, 0.6) is 0 Å². The monoisotopic (exact) mass is 245 g/mol. The lowest BCUT2D eigenvalue weighted by Crippen LogP contribution is -2.14. The summed E-state index contributed by atoms with van der Waals surface area (Å²) in [7, 11) is 0. The summed E-state index contributed by atoms with van der Waals surface area (Å²) in [6.45, 7) is 4.71. The molecule has 0 aromatic carbocycles. The standard InChI is InChI=1S/C13H19N5/c1-2-18-13(15-10-16-18)9-17-6-5-11(8-17)7-14-12-3-4-12/h5-6,8,10,12,14H,2-4,7,9H2,1H3. The molecule has 0 saturated heterocycles. The Labute approximate surface area is 107 Å². The van der Waals surface area contributed by atoms with Gasteiger partial charge in [-0.3, -0.25) is 0 Å². The van der Waals surface area contributed by atoms with E-state index in [1.807, 2.05) is 4.68 Å². The quantitative estimate of drug-likeness (QED) is 0.837. The minimum absolute atomic E-state index is 0.761. The normalized spacial score (nSPS) is 15.2. The molecule has 96 valence electrons. The van der Waals surface area contributed by atoms with Gasteiger partial charge >= 0.3 is 0 Å². The highest BCUT2D eigenvalue weighted by Gasteiger charge is 2.19. The Bertz CT molecular complexity index is 509. The molecular weight excluding hydrogens is 226 g/mol. The molecule has 0 aliphatic heterocycles. The average molecular weight is 245 g/mol. The topological polar surface area (TPSA) is 47.7 Å². The lowest BCUT2D eigenvalue weighted by Gasteiger charge is -2.04. The Morgan fingerprint density at radius 1 is 1.44 bits per heavy atom. The van der Waals surface area contributed by atoms with E-state index in [-0.39, 0.29) is 0 Å². The summed E-state index contributed by atoms with van der Waals surface area (Å²) >= 11 is 0. The van der Waals surface area contributed by atoms with Gasteiger partial charge in [-0.05, 0) is 31.4 Å². The van der Waals surface area contributed by atoms with Gasteiger partial charge in [-0.15, -0.1) is 0 Å². The van der Waals surface area contributed by atoms with Crippen LogP contribution in [0.15, 0.2) is 24.8 Å². The van der Waals surface area contributed by atoms with Gasteiger partial charge < -0.3 is 9.88 Å². The molecule has 5 nitrogen and oxygen atoms in total. The van der Waals surface area contributed by atoms with E-state index < -0.39 is 0 Å². The molecule has 2 aromatic heterocycles. The molecular formula is C13H19N5. The maximum atomic E-state index is 4.29. The number of hydrogen-bond donors (Lipinski definition) is 1. The van der Waals surface area contributed by atoms with Crippen molar-refractivity contribution in [3.63, 3.8) is 0 Å². The smallest absolute Gasteiger partial charge is 0.146 e. The van der Waals surface area contributed by atoms with Crippen molar-refractivity contribution in [2.45, 2.75) is 45.4 Å². The van der Waals surface area contributed by atoms with Crippen molar-refractivity contribution in [2.24, 2.45) is 0 Å². The van der Waals surface area contributed by atoms with Crippen molar-refractivity contribution < 1.29 is 0 Å². The van der Waals surface area contributed by atoms with E-state index in [1.165, 1.54) is 18.4 Å². The van der Waals surface area contributed by atoms with E-state index in [0.717, 1.165) is 31.5 Å². The van der Waals surface area contributed by atoms with Crippen molar-refractivity contribution >= 4 is 0 Å². The number of aryl methyl sites for hydroxylation is 1. The Morgan fingerprint density at radius 2 is 2.33 bits per heavy atom. The molecule has 0 spiro atoms.